The summed E-state index contributed by atoms with van der Waals surface area (Å²) in [6.07, 6.45) is -0.592. The number of ether oxygens (including phenoxy) is 1. The van der Waals surface area contributed by atoms with Crippen molar-refractivity contribution in [1.29, 1.82) is 0 Å². The number of carbonyl (C=O) groups is 2. The first-order valence-electron chi connectivity index (χ1n) is 8.53. The number of hydrogen-bond acceptors (Lipinski definition) is 4. The van der Waals surface area contributed by atoms with Gasteiger partial charge in [-0.05, 0) is 30.2 Å². The molecule has 0 aliphatic rings. The highest BCUT2D eigenvalue weighted by molar-refractivity contribution is 5.99. The van der Waals surface area contributed by atoms with E-state index in [2.05, 4.69) is 20.8 Å². The summed E-state index contributed by atoms with van der Waals surface area (Å²) in [5.41, 5.74) is 1.68. The van der Waals surface area contributed by atoms with E-state index < -0.39 is 18.1 Å². The van der Waals surface area contributed by atoms with Crippen LogP contribution in [0, 0.1) is 0 Å². The van der Waals surface area contributed by atoms with Crippen LogP contribution in [0.2, 0.25) is 0 Å². The van der Waals surface area contributed by atoms with Gasteiger partial charge in [-0.1, -0.05) is 37.3 Å². The first kappa shape index (κ1) is 18.2. The van der Waals surface area contributed by atoms with Crippen molar-refractivity contribution in [2.45, 2.75) is 26.0 Å². The van der Waals surface area contributed by atoms with Crippen LogP contribution in [0.5, 0.6) is 5.75 Å². The number of aromatic amines is 1. The van der Waals surface area contributed by atoms with Crippen LogP contribution in [0.3, 0.4) is 0 Å². The number of anilines is 1. The number of carboxylic acids is 1. The lowest BCUT2D eigenvalue weighted by Crippen LogP contribution is -2.28. The average Bonchev–Trinajstić information content (AvgIpc) is 3.07. The van der Waals surface area contributed by atoms with Crippen LogP contribution in [-0.2, 0) is 11.3 Å². The zero-order valence-corrected chi connectivity index (χ0v) is 14.7. The number of nitrogens with one attached hydrogen (secondary N) is 3. The maximum Gasteiger partial charge on any atom is 0.344 e. The molecule has 27 heavy (non-hydrogen) atoms. The van der Waals surface area contributed by atoms with Crippen molar-refractivity contribution in [3.8, 4) is 5.75 Å². The molecule has 8 nitrogen and oxygen atoms in total. The second-order valence-electron chi connectivity index (χ2n) is 5.93. The van der Waals surface area contributed by atoms with Crippen LogP contribution in [0.4, 0.5) is 10.6 Å². The van der Waals surface area contributed by atoms with E-state index in [1.807, 2.05) is 30.3 Å². The van der Waals surface area contributed by atoms with Crippen LogP contribution in [0.15, 0.2) is 48.5 Å². The van der Waals surface area contributed by atoms with Crippen LogP contribution in [0.25, 0.3) is 10.9 Å². The molecule has 1 unspecified atom stereocenters. The van der Waals surface area contributed by atoms with E-state index in [0.717, 1.165) is 5.56 Å². The van der Waals surface area contributed by atoms with Gasteiger partial charge in [-0.3, -0.25) is 10.4 Å². The summed E-state index contributed by atoms with van der Waals surface area (Å²) in [6.45, 7) is 2.12. The van der Waals surface area contributed by atoms with E-state index in [0.29, 0.717) is 35.4 Å². The first-order chi connectivity index (χ1) is 13.1. The lowest BCUT2D eigenvalue weighted by molar-refractivity contribution is -0.145. The van der Waals surface area contributed by atoms with E-state index >= 15 is 0 Å². The largest absolute Gasteiger partial charge is 0.479 e. The average molecular weight is 368 g/mol. The summed E-state index contributed by atoms with van der Waals surface area (Å²) in [5, 5.41) is 22.1. The van der Waals surface area contributed by atoms with E-state index in [-0.39, 0.29) is 0 Å². The van der Waals surface area contributed by atoms with Crippen molar-refractivity contribution in [2.75, 3.05) is 5.32 Å². The van der Waals surface area contributed by atoms with E-state index in [4.69, 9.17) is 9.84 Å². The molecule has 8 heteroatoms. The van der Waals surface area contributed by atoms with Gasteiger partial charge in [0.05, 0.1) is 5.52 Å². The third-order valence-electron chi connectivity index (χ3n) is 3.99. The van der Waals surface area contributed by atoms with Crippen molar-refractivity contribution in [2.24, 2.45) is 0 Å². The Balaban J connectivity index is 1.70. The Kier molecular flexibility index (Phi) is 5.55. The predicted molar refractivity (Wildman–Crippen MR) is 101 cm³/mol. The molecule has 0 aliphatic carbocycles. The molecule has 1 atom stereocenters. The molecule has 0 fully saturated rings. The molecule has 0 saturated heterocycles. The van der Waals surface area contributed by atoms with Gasteiger partial charge in [0, 0.05) is 11.9 Å². The molecule has 140 valence electrons. The number of H-pyrrole nitrogens is 1. The highest BCUT2D eigenvalue weighted by Gasteiger charge is 2.18. The molecule has 3 aromatic rings. The number of rotatable bonds is 7. The van der Waals surface area contributed by atoms with Gasteiger partial charge in [-0.2, -0.15) is 5.10 Å². The summed E-state index contributed by atoms with van der Waals surface area (Å²) in [7, 11) is 0. The second-order valence-corrected chi connectivity index (χ2v) is 5.93. The maximum absolute atomic E-state index is 12.1. The fourth-order valence-electron chi connectivity index (χ4n) is 2.56. The van der Waals surface area contributed by atoms with Crippen molar-refractivity contribution in [3.63, 3.8) is 0 Å². The number of nitrogens with zero attached hydrogens (tertiary/aromatic N) is 1. The Labute approximate surface area is 155 Å². The molecule has 0 bridgehead atoms. The third-order valence-corrected chi connectivity index (χ3v) is 3.99. The standard InChI is InChI=1S/C19H20N4O4/c1-2-16(18(24)25)27-13-8-9-15-14(10-13)17(23-22-15)21-19(26)20-11-12-6-4-3-5-7-12/h3-10,16H,2,11H2,1H3,(H,24,25)(H3,20,21,22,23,26). The van der Waals surface area contributed by atoms with Gasteiger partial charge in [0.2, 0.25) is 0 Å². The Bertz CT molecular complexity index is 939. The lowest BCUT2D eigenvalue weighted by Gasteiger charge is -2.13. The smallest absolute Gasteiger partial charge is 0.344 e. The fraction of sp³-hybridized carbons (Fsp3) is 0.211. The fourth-order valence-corrected chi connectivity index (χ4v) is 2.56. The highest BCUT2D eigenvalue weighted by Crippen LogP contribution is 2.26. The summed E-state index contributed by atoms with van der Waals surface area (Å²) in [5.74, 6) is -0.293. The molecule has 0 radical (unpaired) electrons. The van der Waals surface area contributed by atoms with Gasteiger partial charge in [0.1, 0.15) is 5.75 Å². The maximum atomic E-state index is 12.1. The molecule has 1 aromatic heterocycles. The van der Waals surface area contributed by atoms with E-state index in [1.165, 1.54) is 0 Å². The van der Waals surface area contributed by atoms with Gasteiger partial charge in [-0.15, -0.1) is 0 Å². The number of amides is 2. The summed E-state index contributed by atoms with van der Waals surface area (Å²) < 4.78 is 5.50. The summed E-state index contributed by atoms with van der Waals surface area (Å²) in [4.78, 5) is 23.3. The molecule has 2 amide bonds. The SMILES string of the molecule is CCC(Oc1ccc2[nH]nc(NC(=O)NCc3ccccc3)c2c1)C(=O)O. The predicted octanol–water partition coefficient (Wildman–Crippen LogP) is 3.13. The number of fused-ring (bicyclic) bond motifs is 1. The number of benzene rings is 2. The van der Waals surface area contributed by atoms with Crippen LogP contribution < -0.4 is 15.4 Å². The quantitative estimate of drug-likeness (QED) is 0.511. The number of hydrogen-bond donors (Lipinski definition) is 4. The molecule has 0 saturated carbocycles. The summed E-state index contributed by atoms with van der Waals surface area (Å²) >= 11 is 0. The Hall–Kier alpha value is -3.55. The van der Waals surface area contributed by atoms with Gasteiger partial charge in [0.15, 0.2) is 11.9 Å². The monoisotopic (exact) mass is 368 g/mol. The normalized spacial score (nSPS) is 11.7. The minimum Gasteiger partial charge on any atom is -0.479 e. The molecule has 2 aromatic carbocycles. The Morgan fingerprint density at radius 1 is 1.22 bits per heavy atom. The summed E-state index contributed by atoms with van der Waals surface area (Å²) in [6, 6.07) is 14.2. The first-order valence-corrected chi connectivity index (χ1v) is 8.53. The number of aliphatic carboxylic acids is 1. The minimum absolute atomic E-state index is 0.337. The highest BCUT2D eigenvalue weighted by atomic mass is 16.5. The minimum atomic E-state index is -1.02. The van der Waals surface area contributed by atoms with Gasteiger partial charge in [0.25, 0.3) is 0 Å². The van der Waals surface area contributed by atoms with Gasteiger partial charge < -0.3 is 15.2 Å². The van der Waals surface area contributed by atoms with Gasteiger partial charge in [-0.25, -0.2) is 9.59 Å². The zero-order chi connectivity index (χ0) is 19.2. The molecule has 0 spiro atoms. The van der Waals surface area contributed by atoms with Crippen LogP contribution >= 0.6 is 0 Å². The number of carboxylic acid groups (broad SMARTS) is 1. The lowest BCUT2D eigenvalue weighted by atomic mass is 10.2. The van der Waals surface area contributed by atoms with Crippen molar-refractivity contribution >= 4 is 28.7 Å². The van der Waals surface area contributed by atoms with Gasteiger partial charge >= 0.3 is 12.0 Å². The Morgan fingerprint density at radius 3 is 2.70 bits per heavy atom. The number of aromatic nitrogens is 2. The van der Waals surface area contributed by atoms with E-state index in [9.17, 15) is 9.59 Å². The molecule has 0 aliphatic heterocycles. The van der Waals surface area contributed by atoms with Crippen molar-refractivity contribution in [1.82, 2.24) is 15.5 Å². The van der Waals surface area contributed by atoms with Crippen LogP contribution in [-0.4, -0.2) is 33.4 Å². The van der Waals surface area contributed by atoms with Crippen molar-refractivity contribution < 1.29 is 19.4 Å². The number of urea groups is 1. The molecule has 1 heterocycles. The third kappa shape index (κ3) is 4.55. The molecule has 4 N–H and O–H groups in total. The molecular weight excluding hydrogens is 348 g/mol. The second kappa shape index (κ2) is 8.22. The number of carbonyl (C=O) groups excluding carboxylic acids is 1. The molecule has 3 rings (SSSR count). The Morgan fingerprint density at radius 2 is 2.00 bits per heavy atom. The zero-order valence-electron chi connectivity index (χ0n) is 14.7. The van der Waals surface area contributed by atoms with Crippen molar-refractivity contribution in [3.05, 3.63) is 54.1 Å². The van der Waals surface area contributed by atoms with E-state index in [1.54, 1.807) is 25.1 Å². The van der Waals surface area contributed by atoms with Crippen LogP contribution in [0.1, 0.15) is 18.9 Å². The molecular formula is C19H20N4O4. The topological polar surface area (TPSA) is 116 Å².